The van der Waals surface area contributed by atoms with Crippen molar-refractivity contribution in [3.8, 4) is 0 Å². The molecule has 0 aromatic heterocycles. The lowest BCUT2D eigenvalue weighted by atomic mass is 9.75. The van der Waals surface area contributed by atoms with Crippen LogP contribution >= 0.6 is 11.6 Å². The van der Waals surface area contributed by atoms with Crippen LogP contribution in [0.15, 0.2) is 0 Å². The van der Waals surface area contributed by atoms with Crippen LogP contribution in [0.1, 0.15) is 66.7 Å². The van der Waals surface area contributed by atoms with Gasteiger partial charge in [0.1, 0.15) is 5.56 Å². The molecule has 1 aliphatic carbocycles. The number of hydrogen-bond donors (Lipinski definition) is 0. The normalized spacial score (nSPS) is 31.0. The van der Waals surface area contributed by atoms with Crippen LogP contribution in [0.5, 0.6) is 0 Å². The van der Waals surface area contributed by atoms with Gasteiger partial charge in [-0.2, -0.15) is 0 Å². The molecular formula is C16H31ClO. The van der Waals surface area contributed by atoms with Crippen LogP contribution in [0, 0.1) is 23.7 Å². The average molecular weight is 275 g/mol. The second kappa shape index (κ2) is 7.75. The first-order valence-electron chi connectivity index (χ1n) is 7.79. The van der Waals surface area contributed by atoms with Crippen molar-refractivity contribution in [3.05, 3.63) is 0 Å². The van der Waals surface area contributed by atoms with E-state index in [2.05, 4.69) is 34.6 Å². The number of halogens is 1. The number of rotatable bonds is 6. The fourth-order valence-electron chi connectivity index (χ4n) is 3.21. The lowest BCUT2D eigenvalue weighted by Crippen LogP contribution is -2.37. The molecule has 0 aliphatic heterocycles. The highest BCUT2D eigenvalue weighted by molar-refractivity contribution is 6.19. The third kappa shape index (κ3) is 4.42. The summed E-state index contributed by atoms with van der Waals surface area (Å²) in [5.41, 5.74) is -0.100. The molecule has 0 bridgehead atoms. The fourth-order valence-corrected chi connectivity index (χ4v) is 3.70. The first kappa shape index (κ1) is 16.3. The van der Waals surface area contributed by atoms with E-state index in [1.807, 2.05) is 0 Å². The largest absolute Gasteiger partial charge is 0.359 e. The maximum atomic E-state index is 6.48. The predicted molar refractivity (Wildman–Crippen MR) is 79.9 cm³/mol. The van der Waals surface area contributed by atoms with Crippen molar-refractivity contribution in [3.63, 3.8) is 0 Å². The first-order valence-corrected chi connectivity index (χ1v) is 8.22. The third-order valence-corrected chi connectivity index (χ3v) is 5.14. The van der Waals surface area contributed by atoms with Crippen molar-refractivity contribution in [2.45, 2.75) is 78.4 Å². The van der Waals surface area contributed by atoms with Crippen molar-refractivity contribution < 1.29 is 4.74 Å². The number of hydrogen-bond acceptors (Lipinski definition) is 1. The van der Waals surface area contributed by atoms with Crippen molar-refractivity contribution in [1.82, 2.24) is 0 Å². The molecule has 0 heterocycles. The Morgan fingerprint density at radius 3 is 2.28 bits per heavy atom. The Labute approximate surface area is 119 Å². The van der Waals surface area contributed by atoms with Crippen LogP contribution < -0.4 is 0 Å². The molecule has 0 aromatic rings. The molecule has 0 aromatic carbocycles. The summed E-state index contributed by atoms with van der Waals surface area (Å²) in [7, 11) is 0. The monoisotopic (exact) mass is 274 g/mol. The van der Waals surface area contributed by atoms with Gasteiger partial charge in [-0.1, -0.05) is 52.6 Å². The van der Waals surface area contributed by atoms with Crippen LogP contribution in [0.2, 0.25) is 0 Å². The van der Waals surface area contributed by atoms with Crippen LogP contribution in [-0.4, -0.2) is 11.7 Å². The zero-order chi connectivity index (χ0) is 13.7. The summed E-state index contributed by atoms with van der Waals surface area (Å²) >= 11 is 6.48. The lowest BCUT2D eigenvalue weighted by molar-refractivity contribution is -0.0695. The number of alkyl halides is 1. The van der Waals surface area contributed by atoms with Gasteiger partial charge in [0.25, 0.3) is 0 Å². The van der Waals surface area contributed by atoms with Gasteiger partial charge in [-0.05, 0) is 49.4 Å². The molecule has 1 aliphatic rings. The molecule has 0 N–H and O–H groups in total. The van der Waals surface area contributed by atoms with Gasteiger partial charge in [0.05, 0.1) is 6.10 Å². The summed E-state index contributed by atoms with van der Waals surface area (Å²) in [4.78, 5) is 0. The zero-order valence-corrected chi connectivity index (χ0v) is 13.5. The minimum Gasteiger partial charge on any atom is -0.359 e. The highest BCUT2D eigenvalue weighted by Crippen LogP contribution is 2.37. The van der Waals surface area contributed by atoms with Crippen molar-refractivity contribution in [2.24, 2.45) is 23.7 Å². The van der Waals surface area contributed by atoms with Crippen molar-refractivity contribution in [2.75, 3.05) is 0 Å². The first-order chi connectivity index (χ1) is 8.49. The quantitative estimate of drug-likeness (QED) is 0.584. The Kier molecular flexibility index (Phi) is 7.02. The van der Waals surface area contributed by atoms with Gasteiger partial charge >= 0.3 is 0 Å². The van der Waals surface area contributed by atoms with Crippen molar-refractivity contribution >= 4 is 11.6 Å². The predicted octanol–water partition coefficient (Wildman–Crippen LogP) is 5.46. The molecule has 0 spiro atoms. The molecular weight excluding hydrogens is 244 g/mol. The summed E-state index contributed by atoms with van der Waals surface area (Å²) in [5.74, 6) is 2.68. The SMILES string of the molecule is CCC(CC)C(Cl)OC1CC(C)CCC1C(C)C. The molecule has 0 saturated heterocycles. The van der Waals surface area contributed by atoms with Crippen LogP contribution in [0.4, 0.5) is 0 Å². The van der Waals surface area contributed by atoms with Crippen LogP contribution in [0.3, 0.4) is 0 Å². The van der Waals surface area contributed by atoms with E-state index in [1.54, 1.807) is 0 Å². The second-order valence-corrected chi connectivity index (χ2v) is 6.86. The molecule has 0 radical (unpaired) electrons. The second-order valence-electron chi connectivity index (χ2n) is 6.43. The summed E-state index contributed by atoms with van der Waals surface area (Å²) in [6, 6.07) is 0. The Balaban J connectivity index is 2.59. The highest BCUT2D eigenvalue weighted by Gasteiger charge is 2.33. The van der Waals surface area contributed by atoms with E-state index in [0.717, 1.165) is 18.8 Å². The van der Waals surface area contributed by atoms with Crippen LogP contribution in [0.25, 0.3) is 0 Å². The van der Waals surface area contributed by atoms with Gasteiger partial charge in [0.2, 0.25) is 0 Å². The highest BCUT2D eigenvalue weighted by atomic mass is 35.5. The Morgan fingerprint density at radius 1 is 1.17 bits per heavy atom. The molecule has 108 valence electrons. The van der Waals surface area contributed by atoms with Gasteiger partial charge < -0.3 is 4.74 Å². The third-order valence-electron chi connectivity index (χ3n) is 4.69. The molecule has 4 unspecified atom stereocenters. The average Bonchev–Trinajstić information content (AvgIpc) is 2.30. The topological polar surface area (TPSA) is 9.23 Å². The number of ether oxygens (including phenoxy) is 1. The van der Waals surface area contributed by atoms with Gasteiger partial charge in [-0.25, -0.2) is 0 Å². The van der Waals surface area contributed by atoms with Gasteiger partial charge in [0, 0.05) is 0 Å². The van der Waals surface area contributed by atoms with E-state index in [-0.39, 0.29) is 5.56 Å². The molecule has 1 fully saturated rings. The van der Waals surface area contributed by atoms with E-state index in [0.29, 0.717) is 23.9 Å². The smallest absolute Gasteiger partial charge is 0.134 e. The van der Waals surface area contributed by atoms with Crippen molar-refractivity contribution in [1.29, 1.82) is 0 Å². The lowest BCUT2D eigenvalue weighted by Gasteiger charge is -2.39. The Morgan fingerprint density at radius 2 is 1.78 bits per heavy atom. The van der Waals surface area contributed by atoms with Gasteiger partial charge in [-0.15, -0.1) is 0 Å². The molecule has 1 saturated carbocycles. The van der Waals surface area contributed by atoms with Gasteiger partial charge in [-0.3, -0.25) is 0 Å². The van der Waals surface area contributed by atoms with E-state index < -0.39 is 0 Å². The molecule has 18 heavy (non-hydrogen) atoms. The maximum absolute atomic E-state index is 6.48. The minimum absolute atomic E-state index is 0.100. The molecule has 1 nitrogen and oxygen atoms in total. The fraction of sp³-hybridized carbons (Fsp3) is 1.00. The zero-order valence-electron chi connectivity index (χ0n) is 12.8. The molecule has 0 amide bonds. The minimum atomic E-state index is -0.100. The molecule has 4 atom stereocenters. The Hall–Kier alpha value is 0.250. The Bertz CT molecular complexity index is 225. The van der Waals surface area contributed by atoms with E-state index >= 15 is 0 Å². The summed E-state index contributed by atoms with van der Waals surface area (Å²) in [5, 5.41) is 0. The van der Waals surface area contributed by atoms with Crippen LogP contribution in [-0.2, 0) is 4.74 Å². The molecule has 1 rings (SSSR count). The van der Waals surface area contributed by atoms with E-state index in [9.17, 15) is 0 Å². The van der Waals surface area contributed by atoms with E-state index in [1.165, 1.54) is 19.3 Å². The summed E-state index contributed by atoms with van der Waals surface area (Å²) in [6.07, 6.45) is 6.43. The summed E-state index contributed by atoms with van der Waals surface area (Å²) in [6.45, 7) is 11.4. The van der Waals surface area contributed by atoms with Gasteiger partial charge in [0.15, 0.2) is 0 Å². The maximum Gasteiger partial charge on any atom is 0.134 e. The standard InChI is InChI=1S/C16H31ClO/c1-6-13(7-2)16(17)18-15-10-12(5)8-9-14(15)11(3)4/h11-16H,6-10H2,1-5H3. The summed E-state index contributed by atoms with van der Waals surface area (Å²) < 4.78 is 6.24. The van der Waals surface area contributed by atoms with E-state index in [4.69, 9.17) is 16.3 Å². The molecule has 2 heteroatoms.